The van der Waals surface area contributed by atoms with Crippen LogP contribution in [0.15, 0.2) is 30.3 Å². The Hall–Kier alpha value is -1.69. The van der Waals surface area contributed by atoms with E-state index in [1.165, 1.54) is 11.3 Å². The van der Waals surface area contributed by atoms with E-state index in [1.807, 2.05) is 49.3 Å². The molecule has 22 heavy (non-hydrogen) atoms. The lowest BCUT2D eigenvalue weighted by atomic mass is 10.2. The number of fused-ring (bicyclic) bond motifs is 3. The van der Waals surface area contributed by atoms with Gasteiger partial charge >= 0.3 is 0 Å². The lowest BCUT2D eigenvalue weighted by molar-refractivity contribution is 0.0955. The minimum absolute atomic E-state index is 0.0665. The van der Waals surface area contributed by atoms with Crippen molar-refractivity contribution in [1.82, 2.24) is 15.2 Å². The Kier molecular flexibility index (Phi) is 4.29. The van der Waals surface area contributed by atoms with E-state index in [0.29, 0.717) is 16.6 Å². The molecule has 0 saturated carbocycles. The minimum atomic E-state index is -0.0665. The van der Waals surface area contributed by atoms with Gasteiger partial charge in [-0.15, -0.1) is 11.3 Å². The van der Waals surface area contributed by atoms with Crippen molar-refractivity contribution in [3.8, 4) is 0 Å². The topological polar surface area (TPSA) is 45.2 Å². The van der Waals surface area contributed by atoms with Gasteiger partial charge in [0.2, 0.25) is 0 Å². The highest BCUT2D eigenvalue weighted by molar-refractivity contribution is 7.21. The Morgan fingerprint density at radius 1 is 1.32 bits per heavy atom. The molecule has 2 heterocycles. The van der Waals surface area contributed by atoms with Crippen LogP contribution in [-0.4, -0.2) is 43.0 Å². The molecule has 3 aromatic rings. The number of thiophene rings is 1. The summed E-state index contributed by atoms with van der Waals surface area (Å²) < 4.78 is 1.01. The summed E-state index contributed by atoms with van der Waals surface area (Å²) in [6, 6.07) is 9.66. The van der Waals surface area contributed by atoms with E-state index in [4.69, 9.17) is 11.6 Å². The van der Waals surface area contributed by atoms with Crippen molar-refractivity contribution < 1.29 is 4.79 Å². The third kappa shape index (κ3) is 2.92. The molecule has 114 valence electrons. The Labute approximate surface area is 137 Å². The zero-order chi connectivity index (χ0) is 15.7. The lowest BCUT2D eigenvalue weighted by Gasteiger charge is -2.09. The van der Waals surface area contributed by atoms with Crippen molar-refractivity contribution in [3.05, 3.63) is 40.4 Å². The third-order valence-corrected chi connectivity index (χ3v) is 4.85. The maximum Gasteiger partial charge on any atom is 0.261 e. The second-order valence-corrected chi connectivity index (χ2v) is 6.74. The number of nitrogens with zero attached hydrogens (tertiary/aromatic N) is 2. The molecule has 0 atom stereocenters. The monoisotopic (exact) mass is 333 g/mol. The summed E-state index contributed by atoms with van der Waals surface area (Å²) >= 11 is 7.71. The molecule has 1 aromatic carbocycles. The summed E-state index contributed by atoms with van der Waals surface area (Å²) in [6.45, 7) is 1.43. The number of amides is 1. The maximum atomic E-state index is 12.3. The van der Waals surface area contributed by atoms with Gasteiger partial charge in [0.1, 0.15) is 5.15 Å². The number of benzene rings is 1. The van der Waals surface area contributed by atoms with Gasteiger partial charge in [0.15, 0.2) is 0 Å². The number of pyridine rings is 1. The molecule has 2 aromatic heterocycles. The number of para-hydroxylation sites is 1. The summed E-state index contributed by atoms with van der Waals surface area (Å²) in [5, 5.41) is 5.23. The number of carbonyl (C=O) groups excluding carboxylic acids is 1. The fourth-order valence-electron chi connectivity index (χ4n) is 2.27. The van der Waals surface area contributed by atoms with Crippen LogP contribution in [0, 0.1) is 0 Å². The van der Waals surface area contributed by atoms with E-state index in [1.54, 1.807) is 0 Å². The number of hydrogen-bond acceptors (Lipinski definition) is 4. The Bertz CT molecular complexity index is 844. The van der Waals surface area contributed by atoms with Gasteiger partial charge in [-0.2, -0.15) is 0 Å². The van der Waals surface area contributed by atoms with Gasteiger partial charge in [-0.3, -0.25) is 4.79 Å². The van der Waals surface area contributed by atoms with Crippen LogP contribution in [0.25, 0.3) is 21.0 Å². The summed E-state index contributed by atoms with van der Waals surface area (Å²) in [6.07, 6.45) is 0. The maximum absolute atomic E-state index is 12.3. The Morgan fingerprint density at radius 2 is 2.09 bits per heavy atom. The highest BCUT2D eigenvalue weighted by atomic mass is 35.5. The van der Waals surface area contributed by atoms with Gasteiger partial charge in [-0.05, 0) is 26.2 Å². The van der Waals surface area contributed by atoms with E-state index in [9.17, 15) is 4.79 Å². The predicted octanol–water partition coefficient (Wildman–Crippen LogP) is 3.39. The highest BCUT2D eigenvalue weighted by Gasteiger charge is 2.15. The van der Waals surface area contributed by atoms with Gasteiger partial charge in [0.05, 0.1) is 10.4 Å². The average Bonchev–Trinajstić information content (AvgIpc) is 2.93. The van der Waals surface area contributed by atoms with Crippen LogP contribution in [0.5, 0.6) is 0 Å². The molecule has 0 aliphatic rings. The van der Waals surface area contributed by atoms with Crippen molar-refractivity contribution in [1.29, 1.82) is 0 Å². The third-order valence-electron chi connectivity index (χ3n) is 3.39. The van der Waals surface area contributed by atoms with E-state index in [0.717, 1.165) is 27.5 Å². The molecule has 0 fully saturated rings. The fraction of sp³-hybridized carbons (Fsp3) is 0.250. The minimum Gasteiger partial charge on any atom is -0.350 e. The van der Waals surface area contributed by atoms with Gasteiger partial charge in [-0.25, -0.2) is 4.98 Å². The van der Waals surface area contributed by atoms with Crippen LogP contribution in [0.2, 0.25) is 5.15 Å². The quantitative estimate of drug-likeness (QED) is 0.744. The summed E-state index contributed by atoms with van der Waals surface area (Å²) in [4.78, 5) is 19.3. The normalized spacial score (nSPS) is 11.5. The first-order chi connectivity index (χ1) is 10.6. The molecule has 0 bridgehead atoms. The zero-order valence-electron chi connectivity index (χ0n) is 12.4. The number of nitrogens with one attached hydrogen (secondary N) is 1. The van der Waals surface area contributed by atoms with Crippen LogP contribution in [0.4, 0.5) is 0 Å². The van der Waals surface area contributed by atoms with Crippen LogP contribution in [0.1, 0.15) is 9.67 Å². The first-order valence-electron chi connectivity index (χ1n) is 6.97. The highest BCUT2D eigenvalue weighted by Crippen LogP contribution is 2.35. The molecule has 3 rings (SSSR count). The smallest absolute Gasteiger partial charge is 0.261 e. The number of halogens is 1. The summed E-state index contributed by atoms with van der Waals surface area (Å²) in [5.74, 6) is -0.0665. The molecule has 0 unspecified atom stereocenters. The Balaban J connectivity index is 1.97. The van der Waals surface area contributed by atoms with E-state index in [2.05, 4.69) is 10.3 Å². The van der Waals surface area contributed by atoms with E-state index in [-0.39, 0.29) is 5.91 Å². The largest absolute Gasteiger partial charge is 0.350 e. The SMILES string of the molecule is CN(C)CCNC(=O)c1cc2c(Cl)nc3ccccc3c2s1. The fourth-order valence-corrected chi connectivity index (χ4v) is 3.67. The van der Waals surface area contributed by atoms with Crippen molar-refractivity contribution in [2.75, 3.05) is 27.2 Å². The van der Waals surface area contributed by atoms with Crippen molar-refractivity contribution in [2.45, 2.75) is 0 Å². The summed E-state index contributed by atoms with van der Waals surface area (Å²) in [5.41, 5.74) is 0.849. The van der Waals surface area contributed by atoms with Gasteiger partial charge < -0.3 is 10.2 Å². The average molecular weight is 334 g/mol. The molecule has 0 aliphatic heterocycles. The van der Waals surface area contributed by atoms with Crippen LogP contribution in [0.3, 0.4) is 0 Å². The molecular weight excluding hydrogens is 318 g/mol. The molecule has 6 heteroatoms. The zero-order valence-corrected chi connectivity index (χ0v) is 14.0. The van der Waals surface area contributed by atoms with Gasteiger partial charge in [0.25, 0.3) is 5.91 Å². The molecular formula is C16H16ClN3OS. The standard InChI is InChI=1S/C16H16ClN3OS/c1-20(2)8-7-18-16(21)13-9-11-14(22-13)10-5-3-4-6-12(10)19-15(11)17/h3-6,9H,7-8H2,1-2H3,(H,18,21). The lowest BCUT2D eigenvalue weighted by Crippen LogP contribution is -2.30. The second-order valence-electron chi connectivity index (χ2n) is 5.33. The molecule has 0 spiro atoms. The van der Waals surface area contributed by atoms with Crippen molar-refractivity contribution in [3.63, 3.8) is 0 Å². The Morgan fingerprint density at radius 3 is 2.86 bits per heavy atom. The van der Waals surface area contributed by atoms with E-state index >= 15 is 0 Å². The number of hydrogen-bond donors (Lipinski definition) is 1. The molecule has 1 N–H and O–H groups in total. The van der Waals surface area contributed by atoms with Gasteiger partial charge in [0, 0.05) is 28.6 Å². The second kappa shape index (κ2) is 6.20. The van der Waals surface area contributed by atoms with Crippen LogP contribution in [-0.2, 0) is 0 Å². The van der Waals surface area contributed by atoms with Crippen LogP contribution < -0.4 is 5.32 Å². The number of carbonyl (C=O) groups is 1. The number of aromatic nitrogens is 1. The first-order valence-corrected chi connectivity index (χ1v) is 8.16. The molecule has 0 aliphatic carbocycles. The van der Waals surface area contributed by atoms with Crippen LogP contribution >= 0.6 is 22.9 Å². The molecule has 1 amide bonds. The van der Waals surface area contributed by atoms with E-state index < -0.39 is 0 Å². The number of rotatable bonds is 4. The molecule has 4 nitrogen and oxygen atoms in total. The number of likely N-dealkylation sites (N-methyl/N-ethyl adjacent to an activating group) is 1. The predicted molar refractivity (Wildman–Crippen MR) is 93.0 cm³/mol. The molecule has 0 radical (unpaired) electrons. The summed E-state index contributed by atoms with van der Waals surface area (Å²) in [7, 11) is 3.95. The molecule has 0 saturated heterocycles. The van der Waals surface area contributed by atoms with Crippen molar-refractivity contribution in [2.24, 2.45) is 0 Å². The van der Waals surface area contributed by atoms with Crippen molar-refractivity contribution >= 4 is 49.8 Å². The first kappa shape index (κ1) is 15.2. The van der Waals surface area contributed by atoms with Gasteiger partial charge in [-0.1, -0.05) is 29.8 Å².